The summed E-state index contributed by atoms with van der Waals surface area (Å²) in [7, 11) is 0. The molecule has 1 nitrogen and oxygen atoms in total. The third kappa shape index (κ3) is 1.32. The van der Waals surface area contributed by atoms with E-state index in [-0.39, 0.29) is 6.10 Å². The van der Waals surface area contributed by atoms with Crippen LogP contribution in [0.5, 0.6) is 0 Å². The molecular formula is C10H9BrO. The summed E-state index contributed by atoms with van der Waals surface area (Å²) in [5, 5.41) is 0. The molecule has 0 radical (unpaired) electrons. The number of alkyl halides is 1. The van der Waals surface area contributed by atoms with Gasteiger partial charge in [-0.05, 0) is 11.1 Å². The molecule has 2 rings (SSSR count). The van der Waals surface area contributed by atoms with Gasteiger partial charge < -0.3 is 4.74 Å². The lowest BCUT2D eigenvalue weighted by molar-refractivity contribution is 0.134. The molecule has 0 heterocycles. The fraction of sp³-hybridized carbons (Fsp3) is 0.200. The first-order chi connectivity index (χ1) is 5.92. The van der Waals surface area contributed by atoms with E-state index >= 15 is 0 Å². The van der Waals surface area contributed by atoms with E-state index in [9.17, 15) is 0 Å². The molecule has 1 aliphatic rings. The molecule has 0 fully saturated rings. The van der Waals surface area contributed by atoms with Crippen molar-refractivity contribution in [1.82, 2.24) is 0 Å². The van der Waals surface area contributed by atoms with Crippen molar-refractivity contribution in [2.24, 2.45) is 0 Å². The van der Waals surface area contributed by atoms with Crippen LogP contribution in [0.1, 0.15) is 17.2 Å². The predicted molar refractivity (Wildman–Crippen MR) is 53.1 cm³/mol. The predicted octanol–water partition coefficient (Wildman–Crippen LogP) is 3.12. The largest absolute Gasteiger partial charge is 0.358 e. The van der Waals surface area contributed by atoms with Crippen molar-refractivity contribution in [3.63, 3.8) is 0 Å². The minimum Gasteiger partial charge on any atom is -0.358 e. The summed E-state index contributed by atoms with van der Waals surface area (Å²) in [5.41, 5.74) is 3.11. The SMILES string of the molecule is BrCOC1C=Cc2ccccc21. The molecule has 0 amide bonds. The molecule has 0 spiro atoms. The molecule has 1 atom stereocenters. The van der Waals surface area contributed by atoms with Gasteiger partial charge in [0.05, 0.1) is 0 Å². The number of rotatable bonds is 2. The fourth-order valence-electron chi connectivity index (χ4n) is 1.43. The van der Waals surface area contributed by atoms with Crippen LogP contribution in [-0.4, -0.2) is 5.52 Å². The summed E-state index contributed by atoms with van der Waals surface area (Å²) in [6.07, 6.45) is 4.31. The zero-order valence-corrected chi connectivity index (χ0v) is 8.12. The van der Waals surface area contributed by atoms with Gasteiger partial charge in [0.15, 0.2) is 0 Å². The van der Waals surface area contributed by atoms with Crippen LogP contribution in [0.25, 0.3) is 6.08 Å². The third-order valence-electron chi connectivity index (χ3n) is 2.00. The van der Waals surface area contributed by atoms with Crippen molar-refractivity contribution in [1.29, 1.82) is 0 Å². The molecule has 1 aromatic carbocycles. The van der Waals surface area contributed by atoms with Crippen LogP contribution in [0, 0.1) is 0 Å². The maximum Gasteiger partial charge on any atom is 0.103 e. The Hall–Kier alpha value is -0.600. The topological polar surface area (TPSA) is 9.23 Å². The van der Waals surface area contributed by atoms with E-state index in [1.165, 1.54) is 11.1 Å². The lowest BCUT2D eigenvalue weighted by Gasteiger charge is -2.09. The third-order valence-corrected chi connectivity index (χ3v) is 2.26. The molecule has 12 heavy (non-hydrogen) atoms. The second-order valence-electron chi connectivity index (χ2n) is 2.68. The molecule has 0 saturated carbocycles. The highest BCUT2D eigenvalue weighted by Gasteiger charge is 2.15. The first-order valence-corrected chi connectivity index (χ1v) is 4.98. The average molecular weight is 225 g/mol. The van der Waals surface area contributed by atoms with Crippen LogP contribution in [0.3, 0.4) is 0 Å². The van der Waals surface area contributed by atoms with Gasteiger partial charge in [0.25, 0.3) is 0 Å². The average Bonchev–Trinajstić information content (AvgIpc) is 2.50. The van der Waals surface area contributed by atoms with Crippen molar-refractivity contribution in [3.05, 3.63) is 41.5 Å². The summed E-state index contributed by atoms with van der Waals surface area (Å²) < 4.78 is 5.46. The minimum atomic E-state index is 0.139. The molecule has 1 aromatic rings. The molecule has 0 aliphatic heterocycles. The summed E-state index contributed by atoms with van der Waals surface area (Å²) in [4.78, 5) is 0. The van der Waals surface area contributed by atoms with Gasteiger partial charge in [0.1, 0.15) is 11.6 Å². The van der Waals surface area contributed by atoms with Crippen LogP contribution in [-0.2, 0) is 4.74 Å². The Balaban J connectivity index is 2.30. The van der Waals surface area contributed by atoms with Gasteiger partial charge in [-0.25, -0.2) is 0 Å². The molecule has 1 unspecified atom stereocenters. The van der Waals surface area contributed by atoms with E-state index in [2.05, 4.69) is 40.2 Å². The lowest BCUT2D eigenvalue weighted by atomic mass is 10.1. The highest BCUT2D eigenvalue weighted by Crippen LogP contribution is 2.30. The minimum absolute atomic E-state index is 0.139. The fourth-order valence-corrected chi connectivity index (χ4v) is 1.71. The van der Waals surface area contributed by atoms with Gasteiger partial charge in [-0.15, -0.1) is 0 Å². The number of fused-ring (bicyclic) bond motifs is 1. The highest BCUT2D eigenvalue weighted by atomic mass is 79.9. The molecule has 0 bridgehead atoms. The molecule has 0 aromatic heterocycles. The Morgan fingerprint density at radius 3 is 3.00 bits per heavy atom. The Kier molecular flexibility index (Phi) is 2.28. The van der Waals surface area contributed by atoms with Crippen molar-refractivity contribution in [3.8, 4) is 0 Å². The summed E-state index contributed by atoms with van der Waals surface area (Å²) in [6.45, 7) is 0. The van der Waals surface area contributed by atoms with E-state index in [1.54, 1.807) is 0 Å². The maximum absolute atomic E-state index is 5.46. The van der Waals surface area contributed by atoms with Gasteiger partial charge >= 0.3 is 0 Å². The zero-order chi connectivity index (χ0) is 8.39. The second kappa shape index (κ2) is 3.42. The molecule has 0 saturated heterocycles. The van der Waals surface area contributed by atoms with Crippen molar-refractivity contribution in [2.75, 3.05) is 5.52 Å². The Labute approximate surface area is 80.2 Å². The maximum atomic E-state index is 5.46. The first kappa shape index (κ1) is 8.02. The first-order valence-electron chi connectivity index (χ1n) is 3.86. The normalized spacial score (nSPS) is 19.6. The Morgan fingerprint density at radius 2 is 2.17 bits per heavy atom. The molecule has 62 valence electrons. The van der Waals surface area contributed by atoms with Gasteiger partial charge in [0.2, 0.25) is 0 Å². The monoisotopic (exact) mass is 224 g/mol. The van der Waals surface area contributed by atoms with Crippen molar-refractivity contribution < 1.29 is 4.74 Å². The van der Waals surface area contributed by atoms with Crippen LogP contribution >= 0.6 is 15.9 Å². The summed E-state index contributed by atoms with van der Waals surface area (Å²) in [6, 6.07) is 8.28. The van der Waals surface area contributed by atoms with Crippen molar-refractivity contribution >= 4 is 22.0 Å². The molecular weight excluding hydrogens is 216 g/mol. The van der Waals surface area contributed by atoms with Crippen LogP contribution in [0.2, 0.25) is 0 Å². The number of hydrogen-bond acceptors (Lipinski definition) is 1. The molecule has 0 N–H and O–H groups in total. The van der Waals surface area contributed by atoms with E-state index in [4.69, 9.17) is 4.74 Å². The molecule has 2 heteroatoms. The Bertz CT molecular complexity index is 306. The van der Waals surface area contributed by atoms with Gasteiger partial charge in [-0.2, -0.15) is 0 Å². The lowest BCUT2D eigenvalue weighted by Crippen LogP contribution is -1.96. The van der Waals surface area contributed by atoms with Crippen LogP contribution < -0.4 is 0 Å². The second-order valence-corrected chi connectivity index (χ2v) is 3.14. The number of halogens is 1. The number of ether oxygens (including phenoxy) is 1. The van der Waals surface area contributed by atoms with Gasteiger partial charge in [-0.3, -0.25) is 0 Å². The van der Waals surface area contributed by atoms with Crippen LogP contribution in [0.15, 0.2) is 30.3 Å². The number of hydrogen-bond donors (Lipinski definition) is 0. The highest BCUT2D eigenvalue weighted by molar-refractivity contribution is 9.09. The van der Waals surface area contributed by atoms with E-state index < -0.39 is 0 Å². The number of benzene rings is 1. The van der Waals surface area contributed by atoms with E-state index in [0.29, 0.717) is 5.52 Å². The summed E-state index contributed by atoms with van der Waals surface area (Å²) >= 11 is 3.26. The zero-order valence-electron chi connectivity index (χ0n) is 6.53. The standard InChI is InChI=1S/C10H9BrO/c11-7-12-10-6-5-8-3-1-2-4-9(8)10/h1-6,10H,7H2. The smallest absolute Gasteiger partial charge is 0.103 e. The van der Waals surface area contributed by atoms with Gasteiger partial charge in [0, 0.05) is 0 Å². The van der Waals surface area contributed by atoms with E-state index in [0.717, 1.165) is 0 Å². The molecule has 1 aliphatic carbocycles. The van der Waals surface area contributed by atoms with Crippen molar-refractivity contribution in [2.45, 2.75) is 6.10 Å². The van der Waals surface area contributed by atoms with Gasteiger partial charge in [-0.1, -0.05) is 52.3 Å². The summed E-state index contributed by atoms with van der Waals surface area (Å²) in [5.74, 6) is 0. The van der Waals surface area contributed by atoms with Crippen LogP contribution in [0.4, 0.5) is 0 Å². The quantitative estimate of drug-likeness (QED) is 0.702. The van der Waals surface area contributed by atoms with E-state index in [1.807, 2.05) is 12.1 Å². The Morgan fingerprint density at radius 1 is 1.33 bits per heavy atom.